The van der Waals surface area contributed by atoms with Crippen molar-refractivity contribution in [2.24, 2.45) is 0 Å². The van der Waals surface area contributed by atoms with Gasteiger partial charge in [0.15, 0.2) is 0 Å². The van der Waals surface area contributed by atoms with E-state index in [1.54, 1.807) is 6.07 Å². The Morgan fingerprint density at radius 1 is 1.33 bits per heavy atom. The largest absolute Gasteiger partial charge is 0.353 e. The number of rotatable bonds is 1. The highest BCUT2D eigenvalue weighted by Crippen LogP contribution is 2.28. The van der Waals surface area contributed by atoms with E-state index < -0.39 is 5.69 Å². The van der Waals surface area contributed by atoms with Crippen LogP contribution in [0.1, 0.15) is 5.56 Å². The van der Waals surface area contributed by atoms with E-state index in [1.807, 2.05) is 6.92 Å². The average Bonchev–Trinajstić information content (AvgIpc) is 2.82. The standard InChI is InChI=1S/C12H11FN4O/c1-6-8-4-7(13)2-3-9(8)15-11(6)10-5-17(14)12(18)16-10/h2-5,15H,14H2,1H3,(H,16,18). The first-order valence-corrected chi connectivity index (χ1v) is 5.41. The van der Waals surface area contributed by atoms with Gasteiger partial charge >= 0.3 is 5.69 Å². The van der Waals surface area contributed by atoms with Crippen LogP contribution >= 0.6 is 0 Å². The summed E-state index contributed by atoms with van der Waals surface area (Å²) in [5.74, 6) is 5.15. The molecule has 3 rings (SSSR count). The van der Waals surface area contributed by atoms with Crippen LogP contribution in [0.25, 0.3) is 22.3 Å². The normalized spacial score (nSPS) is 11.2. The van der Waals surface area contributed by atoms with Crippen molar-refractivity contribution in [3.8, 4) is 11.4 Å². The second kappa shape index (κ2) is 3.49. The fourth-order valence-electron chi connectivity index (χ4n) is 2.10. The van der Waals surface area contributed by atoms with E-state index >= 15 is 0 Å². The molecule has 0 unspecified atom stereocenters. The molecular weight excluding hydrogens is 235 g/mol. The molecule has 92 valence electrons. The SMILES string of the molecule is Cc1c(-c2cn(N)c(=O)[nH]2)[nH]c2ccc(F)cc12. The number of nitrogens with two attached hydrogens (primary N) is 1. The summed E-state index contributed by atoms with van der Waals surface area (Å²) in [4.78, 5) is 17.1. The first-order chi connectivity index (χ1) is 8.56. The zero-order chi connectivity index (χ0) is 12.9. The van der Waals surface area contributed by atoms with E-state index in [2.05, 4.69) is 9.97 Å². The van der Waals surface area contributed by atoms with E-state index in [0.29, 0.717) is 5.69 Å². The van der Waals surface area contributed by atoms with Gasteiger partial charge in [-0.1, -0.05) is 0 Å². The Kier molecular flexibility index (Phi) is 2.07. The number of imidazole rings is 1. The first-order valence-electron chi connectivity index (χ1n) is 5.41. The molecule has 3 aromatic rings. The Morgan fingerprint density at radius 2 is 2.11 bits per heavy atom. The molecule has 0 spiro atoms. The number of halogens is 1. The molecule has 0 saturated heterocycles. The predicted molar refractivity (Wildman–Crippen MR) is 67.2 cm³/mol. The average molecular weight is 246 g/mol. The summed E-state index contributed by atoms with van der Waals surface area (Å²) in [6.45, 7) is 1.86. The highest BCUT2D eigenvalue weighted by Gasteiger charge is 2.12. The van der Waals surface area contributed by atoms with Crippen molar-refractivity contribution in [1.82, 2.24) is 14.6 Å². The Morgan fingerprint density at radius 3 is 2.78 bits per heavy atom. The minimum Gasteiger partial charge on any atom is -0.353 e. The molecule has 0 fully saturated rings. The summed E-state index contributed by atoms with van der Waals surface area (Å²) in [5.41, 5.74) is 2.60. The number of nitrogens with one attached hydrogen (secondary N) is 2. The molecule has 18 heavy (non-hydrogen) atoms. The van der Waals surface area contributed by atoms with Crippen LogP contribution in [-0.4, -0.2) is 14.6 Å². The minimum absolute atomic E-state index is 0.291. The van der Waals surface area contributed by atoms with E-state index in [9.17, 15) is 9.18 Å². The third kappa shape index (κ3) is 1.42. The first kappa shape index (κ1) is 10.6. The third-order valence-corrected chi connectivity index (χ3v) is 3.03. The number of H-pyrrole nitrogens is 2. The van der Waals surface area contributed by atoms with Gasteiger partial charge in [-0.3, -0.25) is 0 Å². The van der Waals surface area contributed by atoms with Crippen molar-refractivity contribution in [2.45, 2.75) is 6.92 Å². The lowest BCUT2D eigenvalue weighted by Crippen LogP contribution is -2.22. The molecule has 2 aromatic heterocycles. The van der Waals surface area contributed by atoms with Crippen LogP contribution in [-0.2, 0) is 0 Å². The van der Waals surface area contributed by atoms with Gasteiger partial charge < -0.3 is 15.8 Å². The highest BCUT2D eigenvalue weighted by atomic mass is 19.1. The lowest BCUT2D eigenvalue weighted by molar-refractivity contribution is 0.629. The van der Waals surface area contributed by atoms with Gasteiger partial charge in [-0.25, -0.2) is 13.9 Å². The predicted octanol–water partition coefficient (Wildman–Crippen LogP) is 1.49. The quantitative estimate of drug-likeness (QED) is 0.569. The van der Waals surface area contributed by atoms with Crippen LogP contribution in [0.5, 0.6) is 0 Å². The molecule has 0 radical (unpaired) electrons. The van der Waals surface area contributed by atoms with Gasteiger partial charge in [0.2, 0.25) is 0 Å². The molecule has 0 aliphatic carbocycles. The Balaban J connectivity index is 2.29. The van der Waals surface area contributed by atoms with Gasteiger partial charge in [0.1, 0.15) is 5.82 Å². The smallest absolute Gasteiger partial charge is 0.344 e. The summed E-state index contributed by atoms with van der Waals surface area (Å²) in [7, 11) is 0. The molecule has 0 amide bonds. The lowest BCUT2D eigenvalue weighted by atomic mass is 10.1. The molecule has 5 nitrogen and oxygen atoms in total. The van der Waals surface area contributed by atoms with Gasteiger partial charge in [0, 0.05) is 10.9 Å². The van der Waals surface area contributed by atoms with Crippen LogP contribution in [0.4, 0.5) is 4.39 Å². The number of nitrogens with zero attached hydrogens (tertiary/aromatic N) is 1. The molecular formula is C12H11FN4O. The van der Waals surface area contributed by atoms with Crippen molar-refractivity contribution < 1.29 is 4.39 Å². The molecule has 0 atom stereocenters. The van der Waals surface area contributed by atoms with Crippen LogP contribution in [0.3, 0.4) is 0 Å². The molecule has 1 aromatic carbocycles. The van der Waals surface area contributed by atoms with Gasteiger partial charge in [0.25, 0.3) is 0 Å². The van der Waals surface area contributed by atoms with Gasteiger partial charge in [0.05, 0.1) is 17.6 Å². The summed E-state index contributed by atoms with van der Waals surface area (Å²) in [5, 5.41) is 0.788. The third-order valence-electron chi connectivity index (χ3n) is 3.03. The number of aromatic nitrogens is 3. The Bertz CT molecular complexity index is 796. The van der Waals surface area contributed by atoms with Crippen LogP contribution in [0, 0.1) is 12.7 Å². The van der Waals surface area contributed by atoms with Crippen molar-refractivity contribution in [2.75, 3.05) is 5.84 Å². The van der Waals surface area contributed by atoms with Crippen molar-refractivity contribution in [3.05, 3.63) is 46.3 Å². The maximum Gasteiger partial charge on any atom is 0.344 e. The van der Waals surface area contributed by atoms with Gasteiger partial charge in [-0.15, -0.1) is 0 Å². The van der Waals surface area contributed by atoms with E-state index in [1.165, 1.54) is 18.3 Å². The molecule has 2 heterocycles. The summed E-state index contributed by atoms with van der Waals surface area (Å²) >= 11 is 0. The monoisotopic (exact) mass is 246 g/mol. The molecule has 0 aliphatic rings. The zero-order valence-corrected chi connectivity index (χ0v) is 9.62. The van der Waals surface area contributed by atoms with Crippen LogP contribution < -0.4 is 11.5 Å². The fourth-order valence-corrected chi connectivity index (χ4v) is 2.10. The van der Waals surface area contributed by atoms with Crippen molar-refractivity contribution >= 4 is 10.9 Å². The summed E-state index contributed by atoms with van der Waals surface area (Å²) in [6.07, 6.45) is 1.50. The number of fused-ring (bicyclic) bond motifs is 1. The van der Waals surface area contributed by atoms with Crippen molar-refractivity contribution in [3.63, 3.8) is 0 Å². The number of nitrogen functional groups attached to an aromatic ring is 1. The van der Waals surface area contributed by atoms with Gasteiger partial charge in [-0.05, 0) is 30.7 Å². The maximum absolute atomic E-state index is 13.2. The zero-order valence-electron chi connectivity index (χ0n) is 9.62. The van der Waals surface area contributed by atoms with Crippen LogP contribution in [0.2, 0.25) is 0 Å². The number of benzene rings is 1. The second-order valence-electron chi connectivity index (χ2n) is 4.20. The molecule has 0 bridgehead atoms. The second-order valence-corrected chi connectivity index (χ2v) is 4.20. The minimum atomic E-state index is -0.394. The molecule has 0 saturated carbocycles. The Labute approximate surface area is 101 Å². The van der Waals surface area contributed by atoms with E-state index in [4.69, 9.17) is 5.84 Å². The van der Waals surface area contributed by atoms with Crippen LogP contribution in [0.15, 0.2) is 29.2 Å². The molecule has 6 heteroatoms. The Hall–Kier alpha value is -2.50. The van der Waals surface area contributed by atoms with E-state index in [-0.39, 0.29) is 5.82 Å². The lowest BCUT2D eigenvalue weighted by Gasteiger charge is -1.94. The number of hydrogen-bond donors (Lipinski definition) is 3. The number of aryl methyl sites for hydroxylation is 1. The molecule has 4 N–H and O–H groups in total. The number of aromatic amines is 2. The topological polar surface area (TPSA) is 79.6 Å². The van der Waals surface area contributed by atoms with Crippen molar-refractivity contribution in [1.29, 1.82) is 0 Å². The molecule has 0 aliphatic heterocycles. The fraction of sp³-hybridized carbons (Fsp3) is 0.0833. The summed E-state index contributed by atoms with van der Waals surface area (Å²) < 4.78 is 14.2. The van der Waals surface area contributed by atoms with Gasteiger partial charge in [-0.2, -0.15) is 0 Å². The summed E-state index contributed by atoms with van der Waals surface area (Å²) in [6, 6.07) is 4.51. The van der Waals surface area contributed by atoms with E-state index in [0.717, 1.165) is 26.8 Å². The number of hydrogen-bond acceptors (Lipinski definition) is 2. The maximum atomic E-state index is 13.2. The highest BCUT2D eigenvalue weighted by molar-refractivity contribution is 5.89.